The van der Waals surface area contributed by atoms with Crippen molar-refractivity contribution in [1.29, 1.82) is 0 Å². The molecule has 1 aromatic heterocycles. The molecule has 2 rings (SSSR count). The molecule has 1 saturated carbocycles. The third-order valence-electron chi connectivity index (χ3n) is 4.11. The summed E-state index contributed by atoms with van der Waals surface area (Å²) in [6.07, 6.45) is 5.56. The Labute approximate surface area is 102 Å². The fourth-order valence-corrected chi connectivity index (χ4v) is 2.62. The number of hydrogen-bond donors (Lipinski definition) is 1. The zero-order valence-electron chi connectivity index (χ0n) is 10.5. The lowest BCUT2D eigenvalue weighted by atomic mass is 9.63. The fraction of sp³-hybridized carbons (Fsp3) is 0.643. The average Bonchev–Trinajstić information content (AvgIpc) is 2.74. The molecular formula is C14H20O3. The minimum atomic E-state index is -0.676. The molecule has 0 amide bonds. The molecule has 1 aromatic rings. The number of carboxylic acid groups (broad SMARTS) is 1. The van der Waals surface area contributed by atoms with Gasteiger partial charge in [-0.1, -0.05) is 13.8 Å². The van der Waals surface area contributed by atoms with Crippen LogP contribution in [0.2, 0.25) is 0 Å². The molecule has 0 saturated heterocycles. The van der Waals surface area contributed by atoms with Crippen LogP contribution in [-0.2, 0) is 11.2 Å². The standard InChI is InChI=1S/C14H20O3/c1-13(2)5-7-14(8-6-13,12(15)16)10-11-4-3-9-17-11/h3-4,9H,5-8,10H2,1-2H3,(H,15,16). The summed E-state index contributed by atoms with van der Waals surface area (Å²) in [5.74, 6) is 0.108. The highest BCUT2D eigenvalue weighted by molar-refractivity contribution is 5.75. The minimum absolute atomic E-state index is 0.280. The Morgan fingerprint density at radius 3 is 2.47 bits per heavy atom. The van der Waals surface area contributed by atoms with E-state index in [0.29, 0.717) is 6.42 Å². The van der Waals surface area contributed by atoms with E-state index in [4.69, 9.17) is 4.42 Å². The number of furan rings is 1. The molecule has 1 heterocycles. The minimum Gasteiger partial charge on any atom is -0.481 e. The summed E-state index contributed by atoms with van der Waals surface area (Å²) < 4.78 is 5.30. The molecule has 1 fully saturated rings. The molecule has 0 aliphatic heterocycles. The third kappa shape index (κ3) is 2.54. The first-order chi connectivity index (χ1) is 7.94. The molecule has 3 nitrogen and oxygen atoms in total. The number of aliphatic carboxylic acids is 1. The van der Waals surface area contributed by atoms with Gasteiger partial charge in [0.15, 0.2) is 0 Å². The van der Waals surface area contributed by atoms with E-state index in [9.17, 15) is 9.90 Å². The van der Waals surface area contributed by atoms with Gasteiger partial charge in [0, 0.05) is 6.42 Å². The third-order valence-corrected chi connectivity index (χ3v) is 4.11. The Balaban J connectivity index is 2.15. The van der Waals surface area contributed by atoms with Crippen LogP contribution < -0.4 is 0 Å². The van der Waals surface area contributed by atoms with Gasteiger partial charge >= 0.3 is 5.97 Å². The fourth-order valence-electron chi connectivity index (χ4n) is 2.62. The Hall–Kier alpha value is -1.25. The first kappa shape index (κ1) is 12.2. The van der Waals surface area contributed by atoms with Crippen molar-refractivity contribution in [3.63, 3.8) is 0 Å². The summed E-state index contributed by atoms with van der Waals surface area (Å²) in [5.41, 5.74) is -0.338. The lowest BCUT2D eigenvalue weighted by Gasteiger charge is -2.40. The summed E-state index contributed by atoms with van der Waals surface area (Å²) in [4.78, 5) is 11.6. The predicted octanol–water partition coefficient (Wildman–Crippen LogP) is 3.49. The average molecular weight is 236 g/mol. The molecule has 0 spiro atoms. The molecule has 94 valence electrons. The lowest BCUT2D eigenvalue weighted by Crippen LogP contribution is -2.39. The van der Waals surface area contributed by atoms with Crippen molar-refractivity contribution >= 4 is 5.97 Å². The molecule has 0 bridgehead atoms. The van der Waals surface area contributed by atoms with E-state index in [1.807, 2.05) is 12.1 Å². The van der Waals surface area contributed by atoms with Crippen molar-refractivity contribution in [2.75, 3.05) is 0 Å². The zero-order chi connectivity index (χ0) is 12.5. The first-order valence-corrected chi connectivity index (χ1v) is 6.19. The second-order valence-electron chi connectivity index (χ2n) is 6.01. The number of rotatable bonds is 3. The summed E-state index contributed by atoms with van der Waals surface area (Å²) in [5, 5.41) is 9.52. The first-order valence-electron chi connectivity index (χ1n) is 6.19. The summed E-state index contributed by atoms with van der Waals surface area (Å²) in [7, 11) is 0. The van der Waals surface area contributed by atoms with Gasteiger partial charge in [-0.05, 0) is 43.2 Å². The van der Waals surface area contributed by atoms with Gasteiger partial charge < -0.3 is 9.52 Å². The summed E-state index contributed by atoms with van der Waals surface area (Å²) >= 11 is 0. The maximum atomic E-state index is 11.6. The van der Waals surface area contributed by atoms with Crippen LogP contribution in [0.25, 0.3) is 0 Å². The number of hydrogen-bond acceptors (Lipinski definition) is 2. The Kier molecular flexibility index (Phi) is 3.02. The van der Waals surface area contributed by atoms with Crippen LogP contribution in [0.5, 0.6) is 0 Å². The smallest absolute Gasteiger partial charge is 0.310 e. The Morgan fingerprint density at radius 1 is 1.35 bits per heavy atom. The van der Waals surface area contributed by atoms with Crippen LogP contribution in [0, 0.1) is 10.8 Å². The van der Waals surface area contributed by atoms with Crippen molar-refractivity contribution in [2.24, 2.45) is 10.8 Å². The van der Waals surface area contributed by atoms with Crippen LogP contribution in [0.1, 0.15) is 45.3 Å². The molecule has 17 heavy (non-hydrogen) atoms. The van der Waals surface area contributed by atoms with Crippen molar-refractivity contribution in [2.45, 2.75) is 46.0 Å². The molecule has 1 aliphatic carbocycles. The van der Waals surface area contributed by atoms with E-state index in [1.165, 1.54) is 0 Å². The predicted molar refractivity (Wildman–Crippen MR) is 64.7 cm³/mol. The number of carboxylic acids is 1. The lowest BCUT2D eigenvalue weighted by molar-refractivity contribution is -0.152. The quantitative estimate of drug-likeness (QED) is 0.873. The van der Waals surface area contributed by atoms with Crippen LogP contribution in [0.15, 0.2) is 22.8 Å². The van der Waals surface area contributed by atoms with Crippen molar-refractivity contribution in [1.82, 2.24) is 0 Å². The SMILES string of the molecule is CC1(C)CCC(Cc2ccco2)(C(=O)O)CC1. The Bertz CT molecular complexity index is 380. The largest absolute Gasteiger partial charge is 0.481 e. The van der Waals surface area contributed by atoms with Gasteiger partial charge in [-0.15, -0.1) is 0 Å². The highest BCUT2D eigenvalue weighted by Crippen LogP contribution is 2.46. The van der Waals surface area contributed by atoms with Gasteiger partial charge in [0.05, 0.1) is 11.7 Å². The molecule has 3 heteroatoms. The van der Waals surface area contributed by atoms with E-state index >= 15 is 0 Å². The number of carbonyl (C=O) groups is 1. The summed E-state index contributed by atoms with van der Waals surface area (Å²) in [6, 6.07) is 3.68. The molecular weight excluding hydrogens is 216 g/mol. The van der Waals surface area contributed by atoms with Gasteiger partial charge in [0.25, 0.3) is 0 Å². The van der Waals surface area contributed by atoms with Gasteiger partial charge in [0.1, 0.15) is 5.76 Å². The van der Waals surface area contributed by atoms with E-state index < -0.39 is 11.4 Å². The highest BCUT2D eigenvalue weighted by atomic mass is 16.4. The molecule has 0 atom stereocenters. The van der Waals surface area contributed by atoms with E-state index in [-0.39, 0.29) is 5.41 Å². The molecule has 0 aromatic carbocycles. The summed E-state index contributed by atoms with van der Waals surface area (Å²) in [6.45, 7) is 4.43. The molecule has 1 aliphatic rings. The molecule has 0 radical (unpaired) electrons. The second-order valence-corrected chi connectivity index (χ2v) is 6.01. The highest BCUT2D eigenvalue weighted by Gasteiger charge is 2.44. The van der Waals surface area contributed by atoms with E-state index in [2.05, 4.69) is 13.8 Å². The molecule has 0 unspecified atom stereocenters. The topological polar surface area (TPSA) is 50.4 Å². The van der Waals surface area contributed by atoms with E-state index in [1.54, 1.807) is 6.26 Å². The van der Waals surface area contributed by atoms with Crippen LogP contribution in [0.4, 0.5) is 0 Å². The van der Waals surface area contributed by atoms with Gasteiger partial charge in [-0.3, -0.25) is 4.79 Å². The monoisotopic (exact) mass is 236 g/mol. The maximum Gasteiger partial charge on any atom is 0.310 e. The van der Waals surface area contributed by atoms with Crippen LogP contribution in [-0.4, -0.2) is 11.1 Å². The van der Waals surface area contributed by atoms with Crippen molar-refractivity contribution < 1.29 is 14.3 Å². The normalized spacial score (nSPS) is 22.2. The van der Waals surface area contributed by atoms with Crippen molar-refractivity contribution in [3.05, 3.63) is 24.2 Å². The van der Waals surface area contributed by atoms with Gasteiger partial charge in [-0.2, -0.15) is 0 Å². The van der Waals surface area contributed by atoms with Gasteiger partial charge in [-0.25, -0.2) is 0 Å². The Morgan fingerprint density at radius 2 is 2.00 bits per heavy atom. The van der Waals surface area contributed by atoms with Crippen LogP contribution >= 0.6 is 0 Å². The molecule has 1 N–H and O–H groups in total. The zero-order valence-corrected chi connectivity index (χ0v) is 10.5. The van der Waals surface area contributed by atoms with Crippen LogP contribution in [0.3, 0.4) is 0 Å². The maximum absolute atomic E-state index is 11.6. The van der Waals surface area contributed by atoms with E-state index in [0.717, 1.165) is 31.4 Å². The van der Waals surface area contributed by atoms with Crippen molar-refractivity contribution in [3.8, 4) is 0 Å². The van der Waals surface area contributed by atoms with Gasteiger partial charge in [0.2, 0.25) is 0 Å². The second kappa shape index (κ2) is 4.21.